The molecule has 1 amide bonds. The number of nitrogens with zero attached hydrogens (tertiary/aromatic N) is 1. The van der Waals surface area contributed by atoms with Crippen molar-refractivity contribution in [1.82, 2.24) is 10.2 Å². The number of hydrogen-bond acceptors (Lipinski definition) is 2. The molecule has 1 saturated heterocycles. The highest BCUT2D eigenvalue weighted by Crippen LogP contribution is 2.55. The Labute approximate surface area is 111 Å². The van der Waals surface area contributed by atoms with Crippen molar-refractivity contribution >= 4 is 5.91 Å². The van der Waals surface area contributed by atoms with E-state index in [1.54, 1.807) is 0 Å². The minimum Gasteiger partial charge on any atom is -0.311 e. The van der Waals surface area contributed by atoms with Gasteiger partial charge in [-0.25, -0.2) is 0 Å². The predicted octanol–water partition coefficient (Wildman–Crippen LogP) is 2.66. The van der Waals surface area contributed by atoms with Crippen molar-refractivity contribution in [3.63, 3.8) is 0 Å². The largest absolute Gasteiger partial charge is 0.411 e. The zero-order valence-corrected chi connectivity index (χ0v) is 11.5. The van der Waals surface area contributed by atoms with Gasteiger partial charge in [-0.15, -0.1) is 0 Å². The molecule has 6 heteroatoms. The number of carbonyl (C=O) groups is 1. The summed E-state index contributed by atoms with van der Waals surface area (Å²) >= 11 is 0. The molecule has 2 rings (SSSR count). The van der Waals surface area contributed by atoms with Gasteiger partial charge in [0.05, 0.1) is 12.2 Å². The SMILES string of the molecule is CCC1NC(CC(C)C)N(C2(C(F)(F)F)CC2)C1=O. The Morgan fingerprint density at radius 1 is 1.42 bits per heavy atom. The molecule has 110 valence electrons. The van der Waals surface area contributed by atoms with Gasteiger partial charge in [-0.2, -0.15) is 13.2 Å². The van der Waals surface area contributed by atoms with E-state index in [0.29, 0.717) is 12.8 Å². The average molecular weight is 278 g/mol. The van der Waals surface area contributed by atoms with E-state index >= 15 is 0 Å². The van der Waals surface area contributed by atoms with Crippen LogP contribution in [0.15, 0.2) is 0 Å². The van der Waals surface area contributed by atoms with Crippen LogP contribution in [0.25, 0.3) is 0 Å². The minimum atomic E-state index is -4.33. The highest BCUT2D eigenvalue weighted by Gasteiger charge is 2.70. The Hall–Kier alpha value is -0.780. The van der Waals surface area contributed by atoms with E-state index in [0.717, 1.165) is 4.90 Å². The standard InChI is InChI=1S/C13H21F3N2O/c1-4-9-11(19)18(10(17-9)7-8(2)3)12(5-6-12)13(14,15)16/h8-10,17H,4-7H2,1-3H3. The Morgan fingerprint density at radius 2 is 2.00 bits per heavy atom. The number of alkyl halides is 3. The molecule has 1 heterocycles. The highest BCUT2D eigenvalue weighted by atomic mass is 19.4. The quantitative estimate of drug-likeness (QED) is 0.857. The number of nitrogens with one attached hydrogen (secondary N) is 1. The molecular formula is C13H21F3N2O. The van der Waals surface area contributed by atoms with E-state index in [9.17, 15) is 18.0 Å². The van der Waals surface area contributed by atoms with E-state index in [1.807, 2.05) is 20.8 Å². The van der Waals surface area contributed by atoms with Gasteiger partial charge in [-0.1, -0.05) is 20.8 Å². The lowest BCUT2D eigenvalue weighted by atomic mass is 10.1. The molecule has 1 saturated carbocycles. The molecular weight excluding hydrogens is 257 g/mol. The van der Waals surface area contributed by atoms with Gasteiger partial charge in [0.1, 0.15) is 5.54 Å². The molecule has 1 aliphatic carbocycles. The minimum absolute atomic E-state index is 0.0367. The molecule has 0 radical (unpaired) electrons. The van der Waals surface area contributed by atoms with Gasteiger partial charge in [0.2, 0.25) is 5.91 Å². The average Bonchev–Trinajstić information content (AvgIpc) is 3.00. The summed E-state index contributed by atoms with van der Waals surface area (Å²) in [5, 5.41) is 3.07. The number of amides is 1. The third-order valence-electron chi connectivity index (χ3n) is 4.06. The number of halogens is 3. The van der Waals surface area contributed by atoms with Crippen molar-refractivity contribution in [1.29, 1.82) is 0 Å². The summed E-state index contributed by atoms with van der Waals surface area (Å²) in [5.41, 5.74) is -1.90. The second-order valence-electron chi connectivity index (χ2n) is 6.01. The Kier molecular flexibility index (Phi) is 3.58. The second-order valence-corrected chi connectivity index (χ2v) is 6.01. The maximum absolute atomic E-state index is 13.2. The fraction of sp³-hybridized carbons (Fsp3) is 0.923. The van der Waals surface area contributed by atoms with Crippen molar-refractivity contribution < 1.29 is 18.0 Å². The number of carbonyl (C=O) groups excluding carboxylic acids is 1. The molecule has 19 heavy (non-hydrogen) atoms. The third-order valence-corrected chi connectivity index (χ3v) is 4.06. The molecule has 2 atom stereocenters. The van der Waals surface area contributed by atoms with Crippen molar-refractivity contribution in [2.75, 3.05) is 0 Å². The molecule has 1 N–H and O–H groups in total. The maximum atomic E-state index is 13.2. The highest BCUT2D eigenvalue weighted by molar-refractivity contribution is 5.85. The van der Waals surface area contributed by atoms with Gasteiger partial charge in [-0.05, 0) is 31.6 Å². The molecule has 0 spiro atoms. The Morgan fingerprint density at radius 3 is 2.37 bits per heavy atom. The molecule has 0 aromatic heterocycles. The van der Waals surface area contributed by atoms with E-state index < -0.39 is 23.9 Å². The van der Waals surface area contributed by atoms with Crippen LogP contribution >= 0.6 is 0 Å². The van der Waals surface area contributed by atoms with Crippen molar-refractivity contribution in [2.24, 2.45) is 5.92 Å². The van der Waals surface area contributed by atoms with Crippen LogP contribution in [0.3, 0.4) is 0 Å². The first-order chi connectivity index (χ1) is 8.73. The summed E-state index contributed by atoms with van der Waals surface area (Å²) in [5.74, 6) is -0.143. The number of rotatable bonds is 4. The smallest absolute Gasteiger partial charge is 0.311 e. The first-order valence-corrected chi connectivity index (χ1v) is 6.89. The van der Waals surface area contributed by atoms with Crippen LogP contribution in [0, 0.1) is 5.92 Å². The molecule has 3 nitrogen and oxygen atoms in total. The maximum Gasteiger partial charge on any atom is 0.411 e. The third kappa shape index (κ3) is 2.35. The fourth-order valence-corrected chi connectivity index (χ4v) is 2.90. The lowest BCUT2D eigenvalue weighted by molar-refractivity contribution is -0.203. The van der Waals surface area contributed by atoms with Crippen LogP contribution in [-0.4, -0.2) is 34.7 Å². The summed E-state index contributed by atoms with van der Waals surface area (Å²) in [4.78, 5) is 13.3. The summed E-state index contributed by atoms with van der Waals surface area (Å²) in [6, 6.07) is -0.469. The van der Waals surface area contributed by atoms with Crippen molar-refractivity contribution in [3.05, 3.63) is 0 Å². The van der Waals surface area contributed by atoms with Crippen LogP contribution in [0.4, 0.5) is 13.2 Å². The lowest BCUT2D eigenvalue weighted by Gasteiger charge is -2.35. The van der Waals surface area contributed by atoms with Crippen LogP contribution in [0.5, 0.6) is 0 Å². The topological polar surface area (TPSA) is 32.3 Å². The lowest BCUT2D eigenvalue weighted by Crippen LogP contribution is -2.54. The molecule has 0 aromatic carbocycles. The first kappa shape index (κ1) is 14.6. The van der Waals surface area contributed by atoms with Gasteiger partial charge >= 0.3 is 6.18 Å². The summed E-state index contributed by atoms with van der Waals surface area (Å²) < 4.78 is 39.7. The molecule has 2 aliphatic rings. The Bertz CT molecular complexity index is 363. The second kappa shape index (κ2) is 4.65. The first-order valence-electron chi connectivity index (χ1n) is 6.89. The number of hydrogen-bond donors (Lipinski definition) is 1. The molecule has 2 fully saturated rings. The van der Waals surface area contributed by atoms with E-state index in [1.165, 1.54) is 0 Å². The van der Waals surface area contributed by atoms with Crippen molar-refractivity contribution in [3.8, 4) is 0 Å². The monoisotopic (exact) mass is 278 g/mol. The molecule has 1 aliphatic heterocycles. The predicted molar refractivity (Wildman–Crippen MR) is 65.3 cm³/mol. The van der Waals surface area contributed by atoms with Gasteiger partial charge in [-0.3, -0.25) is 10.1 Å². The van der Waals surface area contributed by atoms with E-state index in [2.05, 4.69) is 5.32 Å². The normalized spacial score (nSPS) is 30.3. The van der Waals surface area contributed by atoms with E-state index in [-0.39, 0.29) is 24.7 Å². The van der Waals surface area contributed by atoms with Gasteiger partial charge in [0, 0.05) is 0 Å². The zero-order valence-electron chi connectivity index (χ0n) is 11.5. The fourth-order valence-electron chi connectivity index (χ4n) is 2.90. The molecule has 0 aromatic rings. The summed E-state index contributed by atoms with van der Waals surface area (Å²) in [6.45, 7) is 5.73. The molecule has 0 bridgehead atoms. The van der Waals surface area contributed by atoms with Crippen LogP contribution < -0.4 is 5.32 Å². The van der Waals surface area contributed by atoms with Crippen molar-refractivity contribution in [2.45, 2.75) is 70.4 Å². The van der Waals surface area contributed by atoms with Crippen LogP contribution in [-0.2, 0) is 4.79 Å². The Balaban J connectivity index is 2.27. The summed E-state index contributed by atoms with van der Waals surface area (Å²) in [7, 11) is 0. The van der Waals surface area contributed by atoms with Gasteiger partial charge in [0.15, 0.2) is 0 Å². The summed E-state index contributed by atoms with van der Waals surface area (Å²) in [6.07, 6.45) is -3.66. The van der Waals surface area contributed by atoms with Crippen LogP contribution in [0.2, 0.25) is 0 Å². The van der Waals surface area contributed by atoms with Gasteiger partial charge < -0.3 is 4.90 Å². The zero-order chi connectivity index (χ0) is 14.4. The van der Waals surface area contributed by atoms with E-state index in [4.69, 9.17) is 0 Å². The molecule has 2 unspecified atom stereocenters. The van der Waals surface area contributed by atoms with Crippen LogP contribution in [0.1, 0.15) is 46.5 Å². The van der Waals surface area contributed by atoms with Gasteiger partial charge in [0.25, 0.3) is 0 Å².